The third kappa shape index (κ3) is 6.77. The molecule has 11 heteroatoms. The fourth-order valence-corrected chi connectivity index (χ4v) is 3.91. The number of aromatic nitrogens is 3. The van der Waals surface area contributed by atoms with Crippen LogP contribution in [0.4, 0.5) is 5.69 Å². The number of likely N-dealkylation sites (tertiary alicyclic amines) is 1. The van der Waals surface area contributed by atoms with Gasteiger partial charge in [0.1, 0.15) is 0 Å². The number of carbonyl (C=O) groups is 3. The molecule has 184 valence electrons. The maximum absolute atomic E-state index is 12.8. The molecule has 2 aromatic rings. The molecule has 1 aromatic heterocycles. The molecule has 1 saturated heterocycles. The first-order valence-electron chi connectivity index (χ1n) is 11.6. The van der Waals surface area contributed by atoms with Crippen LogP contribution in [0.3, 0.4) is 0 Å². The molecular formula is C23H33N7O4. The summed E-state index contributed by atoms with van der Waals surface area (Å²) in [6, 6.07) is 7.69. The van der Waals surface area contributed by atoms with E-state index in [9.17, 15) is 14.4 Å². The van der Waals surface area contributed by atoms with Crippen molar-refractivity contribution in [1.29, 1.82) is 0 Å². The Morgan fingerprint density at radius 2 is 1.79 bits per heavy atom. The fraction of sp³-hybridized carbons (Fsp3) is 0.522. The number of nitrogens with zero attached hydrogens (tertiary/aromatic N) is 5. The summed E-state index contributed by atoms with van der Waals surface area (Å²) in [5, 5.41) is 19.4. The van der Waals surface area contributed by atoms with Crippen LogP contribution in [0.15, 0.2) is 30.5 Å². The number of rotatable bonds is 10. The minimum atomic E-state index is -0.408. The Kier molecular flexibility index (Phi) is 8.97. The number of hydrogen-bond donors (Lipinski definition) is 3. The van der Waals surface area contributed by atoms with Gasteiger partial charge in [-0.15, -0.1) is 5.10 Å². The fourth-order valence-electron chi connectivity index (χ4n) is 3.91. The molecule has 1 aromatic carbocycles. The molecule has 1 aliphatic rings. The van der Waals surface area contributed by atoms with E-state index in [2.05, 4.69) is 15.6 Å². The summed E-state index contributed by atoms with van der Waals surface area (Å²) in [6.45, 7) is 1.71. The molecule has 2 heterocycles. The number of piperidine rings is 1. The summed E-state index contributed by atoms with van der Waals surface area (Å²) in [5.41, 5.74) is 3.59. The summed E-state index contributed by atoms with van der Waals surface area (Å²) >= 11 is 0. The third-order valence-corrected chi connectivity index (χ3v) is 5.99. The SMILES string of the molecule is CN(C)c1ccc(C(=O)N2CCC(n3cc(C(=O)NCCCCCC(=O)NO)nn3)CC2)cc1. The molecule has 1 aliphatic heterocycles. The van der Waals surface area contributed by atoms with Gasteiger partial charge in [-0.1, -0.05) is 11.6 Å². The van der Waals surface area contributed by atoms with Crippen molar-refractivity contribution in [3.63, 3.8) is 0 Å². The summed E-state index contributed by atoms with van der Waals surface area (Å²) in [5.74, 6) is -0.665. The van der Waals surface area contributed by atoms with Gasteiger partial charge in [0.15, 0.2) is 5.69 Å². The highest BCUT2D eigenvalue weighted by molar-refractivity contribution is 5.94. The monoisotopic (exact) mass is 471 g/mol. The summed E-state index contributed by atoms with van der Waals surface area (Å²) in [7, 11) is 3.93. The lowest BCUT2D eigenvalue weighted by Gasteiger charge is -2.32. The Morgan fingerprint density at radius 1 is 1.09 bits per heavy atom. The zero-order valence-electron chi connectivity index (χ0n) is 19.7. The second-order valence-corrected chi connectivity index (χ2v) is 8.65. The molecule has 0 unspecified atom stereocenters. The van der Waals surface area contributed by atoms with Crippen LogP contribution < -0.4 is 15.7 Å². The zero-order chi connectivity index (χ0) is 24.5. The lowest BCUT2D eigenvalue weighted by molar-refractivity contribution is -0.129. The molecule has 3 amide bonds. The summed E-state index contributed by atoms with van der Waals surface area (Å²) < 4.78 is 1.72. The van der Waals surface area contributed by atoms with Crippen LogP contribution in [0.5, 0.6) is 0 Å². The van der Waals surface area contributed by atoms with Gasteiger partial charge in [0.2, 0.25) is 5.91 Å². The van der Waals surface area contributed by atoms with Crippen molar-refractivity contribution in [1.82, 2.24) is 30.7 Å². The maximum Gasteiger partial charge on any atom is 0.273 e. The largest absolute Gasteiger partial charge is 0.378 e. The van der Waals surface area contributed by atoms with E-state index in [1.807, 2.05) is 48.2 Å². The Hall–Kier alpha value is -3.47. The minimum absolute atomic E-state index is 0.0272. The molecule has 3 rings (SSSR count). The van der Waals surface area contributed by atoms with Gasteiger partial charge < -0.3 is 15.1 Å². The molecule has 0 saturated carbocycles. The van der Waals surface area contributed by atoms with E-state index in [0.29, 0.717) is 31.6 Å². The van der Waals surface area contributed by atoms with E-state index in [1.165, 1.54) is 0 Å². The van der Waals surface area contributed by atoms with E-state index in [4.69, 9.17) is 5.21 Å². The second-order valence-electron chi connectivity index (χ2n) is 8.65. The molecule has 0 aliphatic carbocycles. The number of amides is 3. The Bertz CT molecular complexity index is 966. The minimum Gasteiger partial charge on any atom is -0.378 e. The normalized spacial score (nSPS) is 14.0. The lowest BCUT2D eigenvalue weighted by atomic mass is 10.0. The Balaban J connectivity index is 1.42. The standard InChI is InChI=1S/C23H33N7O4/c1-28(2)18-9-7-17(8-10-18)23(33)29-14-11-19(12-15-29)30-16-20(25-27-30)22(32)24-13-5-3-4-6-21(31)26-34/h7-10,16,19,34H,3-6,11-15H2,1-2H3,(H,24,32)(H,26,31). The van der Waals surface area contributed by atoms with Crippen LogP contribution in [0.2, 0.25) is 0 Å². The number of hydroxylamine groups is 1. The van der Waals surface area contributed by atoms with Gasteiger partial charge >= 0.3 is 0 Å². The van der Waals surface area contributed by atoms with Crippen LogP contribution in [0.25, 0.3) is 0 Å². The van der Waals surface area contributed by atoms with Gasteiger partial charge in [-0.2, -0.15) is 0 Å². The van der Waals surface area contributed by atoms with Crippen molar-refractivity contribution in [2.75, 3.05) is 38.6 Å². The molecule has 1 fully saturated rings. The van der Waals surface area contributed by atoms with Gasteiger partial charge in [-0.25, -0.2) is 10.2 Å². The molecule has 3 N–H and O–H groups in total. The van der Waals surface area contributed by atoms with Crippen molar-refractivity contribution < 1.29 is 19.6 Å². The number of hydrogen-bond acceptors (Lipinski definition) is 7. The first-order chi connectivity index (χ1) is 16.4. The average Bonchev–Trinajstić information content (AvgIpc) is 3.36. The third-order valence-electron chi connectivity index (χ3n) is 5.99. The number of unbranched alkanes of at least 4 members (excludes halogenated alkanes) is 2. The van der Waals surface area contributed by atoms with E-state index in [0.717, 1.165) is 31.4 Å². The highest BCUT2D eigenvalue weighted by Gasteiger charge is 2.26. The van der Waals surface area contributed by atoms with Gasteiger partial charge in [-0.05, 0) is 49.9 Å². The van der Waals surface area contributed by atoms with Gasteiger partial charge in [0.25, 0.3) is 11.8 Å². The van der Waals surface area contributed by atoms with Gasteiger partial charge in [0.05, 0.1) is 12.2 Å². The Morgan fingerprint density at radius 3 is 2.44 bits per heavy atom. The molecule has 0 spiro atoms. The smallest absolute Gasteiger partial charge is 0.273 e. The van der Waals surface area contributed by atoms with Crippen molar-refractivity contribution in [3.05, 3.63) is 41.7 Å². The summed E-state index contributed by atoms with van der Waals surface area (Å²) in [6.07, 6.45) is 5.52. The molecular weight excluding hydrogens is 438 g/mol. The van der Waals surface area contributed by atoms with Gasteiger partial charge in [0, 0.05) is 51.4 Å². The van der Waals surface area contributed by atoms with Crippen molar-refractivity contribution in [2.24, 2.45) is 0 Å². The van der Waals surface area contributed by atoms with Crippen molar-refractivity contribution in [2.45, 2.75) is 44.6 Å². The molecule has 0 atom stereocenters. The number of nitrogens with one attached hydrogen (secondary N) is 2. The lowest BCUT2D eigenvalue weighted by Crippen LogP contribution is -2.39. The van der Waals surface area contributed by atoms with E-state index >= 15 is 0 Å². The average molecular weight is 472 g/mol. The second kappa shape index (κ2) is 12.1. The maximum atomic E-state index is 12.8. The molecule has 0 radical (unpaired) electrons. The van der Waals surface area contributed by atoms with Gasteiger partial charge in [-0.3, -0.25) is 19.6 Å². The van der Waals surface area contributed by atoms with Crippen LogP contribution in [-0.2, 0) is 4.79 Å². The Labute approximate surface area is 199 Å². The van der Waals surface area contributed by atoms with Crippen molar-refractivity contribution in [3.8, 4) is 0 Å². The first kappa shape index (κ1) is 25.2. The quantitative estimate of drug-likeness (QED) is 0.272. The predicted molar refractivity (Wildman–Crippen MR) is 126 cm³/mol. The number of carbonyl (C=O) groups excluding carboxylic acids is 3. The van der Waals surface area contributed by atoms with Crippen LogP contribution in [0.1, 0.15) is 65.4 Å². The van der Waals surface area contributed by atoms with Crippen molar-refractivity contribution >= 4 is 23.4 Å². The molecule has 0 bridgehead atoms. The molecule has 11 nitrogen and oxygen atoms in total. The highest BCUT2D eigenvalue weighted by atomic mass is 16.5. The van der Waals surface area contributed by atoms with Crippen LogP contribution in [-0.4, -0.2) is 76.6 Å². The van der Waals surface area contributed by atoms with Crippen LogP contribution >= 0.6 is 0 Å². The highest BCUT2D eigenvalue weighted by Crippen LogP contribution is 2.23. The van der Waals surface area contributed by atoms with E-state index in [-0.39, 0.29) is 30.0 Å². The number of benzene rings is 1. The van der Waals surface area contributed by atoms with E-state index in [1.54, 1.807) is 16.4 Å². The first-order valence-corrected chi connectivity index (χ1v) is 11.6. The van der Waals surface area contributed by atoms with Crippen LogP contribution in [0, 0.1) is 0 Å². The zero-order valence-corrected chi connectivity index (χ0v) is 19.7. The topological polar surface area (TPSA) is 133 Å². The number of anilines is 1. The summed E-state index contributed by atoms with van der Waals surface area (Å²) in [4.78, 5) is 39.9. The predicted octanol–water partition coefficient (Wildman–Crippen LogP) is 1.62. The van der Waals surface area contributed by atoms with E-state index < -0.39 is 5.91 Å². The molecule has 34 heavy (non-hydrogen) atoms.